The molecule has 128 valence electrons. The number of carbonyl (C=O) groups is 1. The van der Waals surface area contributed by atoms with Gasteiger partial charge in [-0.3, -0.25) is 9.69 Å². The fraction of sp³-hybridized carbons (Fsp3) is 0.765. The number of aryl methyl sites for hydroxylation is 2. The van der Waals surface area contributed by atoms with Crippen LogP contribution in [0.25, 0.3) is 0 Å². The maximum Gasteiger partial charge on any atom is 0.248 e. The summed E-state index contributed by atoms with van der Waals surface area (Å²) in [5.74, 6) is 1.03. The Hall–Kier alpha value is -1.40. The SMILES string of the molecule is CCOCC(=O)N1CCC[C@@]2(CCN2Cc2c(C)noc2C)C1. The lowest BCUT2D eigenvalue weighted by Crippen LogP contribution is -2.67. The van der Waals surface area contributed by atoms with E-state index in [-0.39, 0.29) is 18.1 Å². The van der Waals surface area contributed by atoms with Gasteiger partial charge >= 0.3 is 0 Å². The molecule has 1 spiro atoms. The second-order valence-corrected chi connectivity index (χ2v) is 6.75. The van der Waals surface area contributed by atoms with E-state index < -0.39 is 0 Å². The van der Waals surface area contributed by atoms with Crippen molar-refractivity contribution in [1.82, 2.24) is 15.0 Å². The molecular formula is C17H27N3O3. The van der Waals surface area contributed by atoms with Crippen LogP contribution in [0.1, 0.15) is 43.2 Å². The van der Waals surface area contributed by atoms with Gasteiger partial charge in [0.15, 0.2) is 0 Å². The molecule has 6 heteroatoms. The van der Waals surface area contributed by atoms with E-state index in [1.807, 2.05) is 25.7 Å². The second-order valence-electron chi connectivity index (χ2n) is 6.75. The fourth-order valence-corrected chi connectivity index (χ4v) is 3.82. The van der Waals surface area contributed by atoms with E-state index in [0.29, 0.717) is 6.61 Å². The number of rotatable bonds is 5. The Morgan fingerprint density at radius 1 is 1.35 bits per heavy atom. The summed E-state index contributed by atoms with van der Waals surface area (Å²) >= 11 is 0. The summed E-state index contributed by atoms with van der Waals surface area (Å²) in [7, 11) is 0. The zero-order valence-electron chi connectivity index (χ0n) is 14.4. The van der Waals surface area contributed by atoms with Crippen LogP contribution in [0.5, 0.6) is 0 Å². The van der Waals surface area contributed by atoms with Crippen LogP contribution in [0.3, 0.4) is 0 Å². The van der Waals surface area contributed by atoms with E-state index in [0.717, 1.165) is 56.9 Å². The third-order valence-electron chi connectivity index (χ3n) is 5.39. The van der Waals surface area contributed by atoms with Crippen LogP contribution in [0.4, 0.5) is 0 Å². The smallest absolute Gasteiger partial charge is 0.248 e. The average Bonchev–Trinajstić information content (AvgIpc) is 2.87. The monoisotopic (exact) mass is 321 g/mol. The van der Waals surface area contributed by atoms with Crippen LogP contribution in [-0.2, 0) is 16.1 Å². The Balaban J connectivity index is 1.65. The largest absolute Gasteiger partial charge is 0.372 e. The molecule has 0 saturated carbocycles. The van der Waals surface area contributed by atoms with Crippen LogP contribution in [-0.4, -0.2) is 59.3 Å². The number of hydrogen-bond acceptors (Lipinski definition) is 5. The highest BCUT2D eigenvalue weighted by Crippen LogP contribution is 2.40. The molecule has 6 nitrogen and oxygen atoms in total. The number of aromatic nitrogens is 1. The van der Waals surface area contributed by atoms with Gasteiger partial charge in [-0.25, -0.2) is 0 Å². The molecule has 0 aliphatic carbocycles. The molecule has 1 aromatic heterocycles. The predicted octanol–water partition coefficient (Wildman–Crippen LogP) is 1.89. The number of ether oxygens (including phenoxy) is 1. The van der Waals surface area contributed by atoms with Crippen molar-refractivity contribution in [1.29, 1.82) is 0 Å². The highest BCUT2D eigenvalue weighted by molar-refractivity contribution is 5.77. The number of amides is 1. The van der Waals surface area contributed by atoms with Gasteiger partial charge in [0.1, 0.15) is 12.4 Å². The maximum absolute atomic E-state index is 12.3. The first-order valence-corrected chi connectivity index (χ1v) is 8.58. The first-order valence-electron chi connectivity index (χ1n) is 8.58. The van der Waals surface area contributed by atoms with Gasteiger partial charge in [0.25, 0.3) is 0 Å². The molecule has 1 amide bonds. The zero-order valence-corrected chi connectivity index (χ0v) is 14.4. The molecule has 2 aliphatic rings. The molecule has 2 saturated heterocycles. The van der Waals surface area contributed by atoms with Crippen molar-refractivity contribution in [2.24, 2.45) is 0 Å². The van der Waals surface area contributed by atoms with Crippen LogP contribution >= 0.6 is 0 Å². The van der Waals surface area contributed by atoms with Crippen molar-refractivity contribution in [3.63, 3.8) is 0 Å². The molecule has 23 heavy (non-hydrogen) atoms. The van der Waals surface area contributed by atoms with Crippen molar-refractivity contribution < 1.29 is 14.1 Å². The third-order valence-corrected chi connectivity index (χ3v) is 5.39. The highest BCUT2D eigenvalue weighted by Gasteiger charge is 2.48. The summed E-state index contributed by atoms with van der Waals surface area (Å²) in [6.45, 7) is 10.3. The maximum atomic E-state index is 12.3. The molecule has 0 unspecified atom stereocenters. The summed E-state index contributed by atoms with van der Waals surface area (Å²) < 4.78 is 10.6. The lowest BCUT2D eigenvalue weighted by molar-refractivity contribution is -0.145. The second kappa shape index (κ2) is 6.61. The van der Waals surface area contributed by atoms with Gasteiger partial charge in [0.2, 0.25) is 5.91 Å². The Kier molecular flexibility index (Phi) is 4.73. The summed E-state index contributed by atoms with van der Waals surface area (Å²) in [6, 6.07) is 0. The minimum Gasteiger partial charge on any atom is -0.372 e. The van der Waals surface area contributed by atoms with Gasteiger partial charge in [-0.2, -0.15) is 0 Å². The lowest BCUT2D eigenvalue weighted by Gasteiger charge is -2.57. The van der Waals surface area contributed by atoms with E-state index >= 15 is 0 Å². The van der Waals surface area contributed by atoms with E-state index in [4.69, 9.17) is 9.26 Å². The Bertz CT molecular complexity index is 552. The molecule has 0 aromatic carbocycles. The molecule has 1 atom stereocenters. The predicted molar refractivity (Wildman–Crippen MR) is 86.0 cm³/mol. The molecule has 2 aliphatic heterocycles. The molecule has 3 rings (SSSR count). The summed E-state index contributed by atoms with van der Waals surface area (Å²) in [6.07, 6.45) is 3.39. The molecule has 2 fully saturated rings. The fourth-order valence-electron chi connectivity index (χ4n) is 3.82. The Labute approximate surface area is 137 Å². The molecule has 1 aromatic rings. The van der Waals surface area contributed by atoms with Gasteiger partial charge in [-0.15, -0.1) is 0 Å². The lowest BCUT2D eigenvalue weighted by atomic mass is 9.77. The molecule has 0 N–H and O–H groups in total. The normalized spacial score (nSPS) is 24.9. The summed E-state index contributed by atoms with van der Waals surface area (Å²) in [5.41, 5.74) is 2.31. The molecule has 3 heterocycles. The Morgan fingerprint density at radius 3 is 2.78 bits per heavy atom. The van der Waals surface area contributed by atoms with Gasteiger partial charge in [0, 0.05) is 43.9 Å². The first-order chi connectivity index (χ1) is 11.1. The number of hydrogen-bond donors (Lipinski definition) is 0. The van der Waals surface area contributed by atoms with E-state index in [2.05, 4.69) is 10.1 Å². The first kappa shape index (κ1) is 16.5. The van der Waals surface area contributed by atoms with Crippen molar-refractivity contribution in [2.75, 3.05) is 32.8 Å². The zero-order chi connectivity index (χ0) is 16.4. The van der Waals surface area contributed by atoms with Gasteiger partial charge < -0.3 is 14.2 Å². The number of carbonyl (C=O) groups excluding carboxylic acids is 1. The molecular weight excluding hydrogens is 294 g/mol. The van der Waals surface area contributed by atoms with E-state index in [1.54, 1.807) is 0 Å². The van der Waals surface area contributed by atoms with Crippen LogP contribution in [0, 0.1) is 13.8 Å². The average molecular weight is 321 g/mol. The third kappa shape index (κ3) is 3.15. The quantitative estimate of drug-likeness (QED) is 0.829. The van der Waals surface area contributed by atoms with Crippen molar-refractivity contribution in [3.05, 3.63) is 17.0 Å². The molecule has 0 radical (unpaired) electrons. The van der Waals surface area contributed by atoms with Crippen molar-refractivity contribution >= 4 is 5.91 Å². The Morgan fingerprint density at radius 2 is 2.17 bits per heavy atom. The highest BCUT2D eigenvalue weighted by atomic mass is 16.5. The number of piperidine rings is 1. The van der Waals surface area contributed by atoms with Crippen molar-refractivity contribution in [3.8, 4) is 0 Å². The summed E-state index contributed by atoms with van der Waals surface area (Å²) in [5, 5.41) is 4.06. The topological polar surface area (TPSA) is 58.8 Å². The minimum atomic E-state index is 0.120. The van der Waals surface area contributed by atoms with Crippen LogP contribution in [0.2, 0.25) is 0 Å². The van der Waals surface area contributed by atoms with Crippen molar-refractivity contribution in [2.45, 2.75) is 52.1 Å². The van der Waals surface area contributed by atoms with Gasteiger partial charge in [0.05, 0.1) is 5.69 Å². The van der Waals surface area contributed by atoms with Crippen LogP contribution in [0.15, 0.2) is 4.52 Å². The minimum absolute atomic E-state index is 0.120. The summed E-state index contributed by atoms with van der Waals surface area (Å²) in [4.78, 5) is 16.8. The van der Waals surface area contributed by atoms with Gasteiger partial charge in [-0.1, -0.05) is 5.16 Å². The molecule has 0 bridgehead atoms. The van der Waals surface area contributed by atoms with E-state index in [9.17, 15) is 4.79 Å². The standard InChI is InChI=1S/C17H27N3O3/c1-4-22-11-16(21)19-8-5-6-17(12-19)7-9-20(17)10-15-13(2)18-23-14(15)3/h4-12H2,1-3H3/t17-/m1/s1. The van der Waals surface area contributed by atoms with E-state index in [1.165, 1.54) is 5.56 Å². The van der Waals surface area contributed by atoms with Crippen LogP contribution < -0.4 is 0 Å². The number of likely N-dealkylation sites (tertiary alicyclic amines) is 2. The van der Waals surface area contributed by atoms with Gasteiger partial charge in [-0.05, 0) is 40.0 Å². The number of nitrogens with zero attached hydrogens (tertiary/aromatic N) is 3.